The summed E-state index contributed by atoms with van der Waals surface area (Å²) in [5.41, 5.74) is 1.93. The first kappa shape index (κ1) is 20.1. The van der Waals surface area contributed by atoms with E-state index >= 15 is 0 Å². The number of hydrogen-bond acceptors (Lipinski definition) is 4. The van der Waals surface area contributed by atoms with Crippen molar-refractivity contribution in [2.24, 2.45) is 0 Å². The van der Waals surface area contributed by atoms with Crippen LogP contribution in [0, 0.1) is 5.82 Å². The monoisotopic (exact) mass is 359 g/mol. The third kappa shape index (κ3) is 7.33. The SMILES string of the molecule is CCCC(=O)OCC(O)CN(Cc1ccccc1)Cc1cccc(F)c1. The molecule has 0 aliphatic carbocycles. The largest absolute Gasteiger partial charge is 0.463 e. The van der Waals surface area contributed by atoms with Gasteiger partial charge in [-0.05, 0) is 29.7 Å². The van der Waals surface area contributed by atoms with Crippen molar-refractivity contribution in [3.63, 3.8) is 0 Å². The third-order valence-corrected chi connectivity index (χ3v) is 3.90. The zero-order valence-corrected chi connectivity index (χ0v) is 15.1. The van der Waals surface area contributed by atoms with Gasteiger partial charge in [-0.15, -0.1) is 0 Å². The molecular formula is C21H26FNO3. The van der Waals surface area contributed by atoms with Crippen LogP contribution in [0.1, 0.15) is 30.9 Å². The summed E-state index contributed by atoms with van der Waals surface area (Å²) in [6, 6.07) is 16.3. The van der Waals surface area contributed by atoms with Crippen LogP contribution in [0.4, 0.5) is 4.39 Å². The average Bonchev–Trinajstić information content (AvgIpc) is 2.61. The second-order valence-electron chi connectivity index (χ2n) is 6.37. The van der Waals surface area contributed by atoms with Crippen molar-refractivity contribution in [1.82, 2.24) is 4.90 Å². The molecule has 0 saturated carbocycles. The minimum Gasteiger partial charge on any atom is -0.463 e. The number of carbonyl (C=O) groups excluding carboxylic acids is 1. The van der Waals surface area contributed by atoms with E-state index in [-0.39, 0.29) is 18.4 Å². The number of carbonyl (C=O) groups is 1. The van der Waals surface area contributed by atoms with Gasteiger partial charge in [-0.2, -0.15) is 0 Å². The summed E-state index contributed by atoms with van der Waals surface area (Å²) < 4.78 is 18.6. The van der Waals surface area contributed by atoms with E-state index in [0.29, 0.717) is 32.5 Å². The van der Waals surface area contributed by atoms with Crippen LogP contribution in [0.15, 0.2) is 54.6 Å². The summed E-state index contributed by atoms with van der Waals surface area (Å²) in [5.74, 6) is -0.581. The lowest BCUT2D eigenvalue weighted by Gasteiger charge is -2.25. The molecule has 0 amide bonds. The molecule has 0 radical (unpaired) electrons. The van der Waals surface area contributed by atoms with E-state index < -0.39 is 6.10 Å². The number of halogens is 1. The molecule has 1 N–H and O–H groups in total. The zero-order valence-electron chi connectivity index (χ0n) is 15.1. The molecule has 4 nitrogen and oxygen atoms in total. The average molecular weight is 359 g/mol. The summed E-state index contributed by atoms with van der Waals surface area (Å²) >= 11 is 0. The number of aliphatic hydroxyl groups excluding tert-OH is 1. The number of ether oxygens (including phenoxy) is 1. The van der Waals surface area contributed by atoms with Crippen LogP contribution in [0.3, 0.4) is 0 Å². The number of benzene rings is 2. The van der Waals surface area contributed by atoms with E-state index in [1.807, 2.05) is 48.2 Å². The molecule has 0 spiro atoms. The zero-order chi connectivity index (χ0) is 18.8. The van der Waals surface area contributed by atoms with E-state index in [1.165, 1.54) is 12.1 Å². The van der Waals surface area contributed by atoms with E-state index in [4.69, 9.17) is 4.74 Å². The van der Waals surface area contributed by atoms with Gasteiger partial charge in [-0.25, -0.2) is 4.39 Å². The highest BCUT2D eigenvalue weighted by Gasteiger charge is 2.15. The Morgan fingerprint density at radius 3 is 2.50 bits per heavy atom. The van der Waals surface area contributed by atoms with Gasteiger partial charge >= 0.3 is 5.97 Å². The smallest absolute Gasteiger partial charge is 0.305 e. The number of aliphatic hydroxyl groups is 1. The van der Waals surface area contributed by atoms with Gasteiger partial charge in [0.1, 0.15) is 18.5 Å². The first-order valence-electron chi connectivity index (χ1n) is 8.91. The van der Waals surface area contributed by atoms with E-state index in [1.54, 1.807) is 6.07 Å². The fourth-order valence-electron chi connectivity index (χ4n) is 2.74. The Morgan fingerprint density at radius 1 is 1.12 bits per heavy atom. The van der Waals surface area contributed by atoms with Crippen molar-refractivity contribution in [1.29, 1.82) is 0 Å². The quantitative estimate of drug-likeness (QED) is 0.660. The Balaban J connectivity index is 1.98. The minimum atomic E-state index is -0.798. The predicted molar refractivity (Wildman–Crippen MR) is 98.8 cm³/mol. The number of rotatable bonds is 10. The molecule has 5 heteroatoms. The summed E-state index contributed by atoms with van der Waals surface area (Å²) in [6.45, 7) is 3.29. The van der Waals surface area contributed by atoms with Crippen molar-refractivity contribution in [2.45, 2.75) is 39.0 Å². The fraction of sp³-hybridized carbons (Fsp3) is 0.381. The highest BCUT2D eigenvalue weighted by Crippen LogP contribution is 2.12. The summed E-state index contributed by atoms with van der Waals surface area (Å²) in [7, 11) is 0. The summed E-state index contributed by atoms with van der Waals surface area (Å²) in [4.78, 5) is 13.5. The van der Waals surface area contributed by atoms with E-state index in [9.17, 15) is 14.3 Å². The van der Waals surface area contributed by atoms with Gasteiger partial charge in [0.25, 0.3) is 0 Å². The second kappa shape index (κ2) is 10.7. The molecule has 0 fully saturated rings. The fourth-order valence-corrected chi connectivity index (χ4v) is 2.74. The standard InChI is InChI=1S/C21H26FNO3/c1-2-7-21(25)26-16-20(24)15-23(13-17-8-4-3-5-9-17)14-18-10-6-11-19(22)12-18/h3-6,8-12,20,24H,2,7,13-16H2,1H3. The van der Waals surface area contributed by atoms with Gasteiger partial charge < -0.3 is 9.84 Å². The molecule has 1 atom stereocenters. The molecule has 0 saturated heterocycles. The molecule has 2 rings (SSSR count). The Labute approximate surface area is 154 Å². The molecule has 1 unspecified atom stereocenters. The number of hydrogen-bond donors (Lipinski definition) is 1. The lowest BCUT2D eigenvalue weighted by molar-refractivity contribution is -0.147. The lowest BCUT2D eigenvalue weighted by atomic mass is 10.1. The maximum Gasteiger partial charge on any atom is 0.305 e. The summed E-state index contributed by atoms with van der Waals surface area (Å²) in [6.07, 6.45) is 0.270. The molecule has 26 heavy (non-hydrogen) atoms. The van der Waals surface area contributed by atoms with Gasteiger partial charge in [0.2, 0.25) is 0 Å². The highest BCUT2D eigenvalue weighted by atomic mass is 19.1. The molecule has 0 aromatic heterocycles. The van der Waals surface area contributed by atoms with Crippen molar-refractivity contribution in [3.05, 3.63) is 71.5 Å². The Hall–Kier alpha value is -2.24. The molecule has 0 bridgehead atoms. The second-order valence-corrected chi connectivity index (χ2v) is 6.37. The third-order valence-electron chi connectivity index (χ3n) is 3.90. The normalized spacial score (nSPS) is 12.2. The minimum absolute atomic E-state index is 0.0345. The Bertz CT molecular complexity index is 678. The topological polar surface area (TPSA) is 49.8 Å². The van der Waals surface area contributed by atoms with Gasteiger partial charge in [0.15, 0.2) is 0 Å². The molecule has 2 aromatic carbocycles. The van der Waals surface area contributed by atoms with Gasteiger partial charge in [0, 0.05) is 26.1 Å². The van der Waals surface area contributed by atoms with Crippen LogP contribution < -0.4 is 0 Å². The van der Waals surface area contributed by atoms with Crippen LogP contribution in [0.25, 0.3) is 0 Å². The molecule has 2 aromatic rings. The molecule has 0 aliphatic rings. The van der Waals surface area contributed by atoms with Gasteiger partial charge in [-0.3, -0.25) is 9.69 Å². The van der Waals surface area contributed by atoms with Crippen LogP contribution in [0.5, 0.6) is 0 Å². The maximum absolute atomic E-state index is 13.5. The van der Waals surface area contributed by atoms with Crippen molar-refractivity contribution >= 4 is 5.97 Å². The molecule has 0 aliphatic heterocycles. The number of esters is 1. The highest BCUT2D eigenvalue weighted by molar-refractivity contribution is 5.69. The number of nitrogens with zero attached hydrogens (tertiary/aromatic N) is 1. The lowest BCUT2D eigenvalue weighted by Crippen LogP contribution is -2.34. The Kier molecular flexibility index (Phi) is 8.25. The van der Waals surface area contributed by atoms with Crippen LogP contribution in [0.2, 0.25) is 0 Å². The predicted octanol–water partition coefficient (Wildman–Crippen LogP) is 3.53. The van der Waals surface area contributed by atoms with E-state index in [0.717, 1.165) is 11.1 Å². The van der Waals surface area contributed by atoms with Crippen LogP contribution in [-0.4, -0.2) is 35.2 Å². The summed E-state index contributed by atoms with van der Waals surface area (Å²) in [5, 5.41) is 10.3. The van der Waals surface area contributed by atoms with Crippen molar-refractivity contribution in [3.8, 4) is 0 Å². The molecule has 140 valence electrons. The van der Waals surface area contributed by atoms with Crippen LogP contribution >= 0.6 is 0 Å². The first-order chi connectivity index (χ1) is 12.6. The van der Waals surface area contributed by atoms with Crippen molar-refractivity contribution < 1.29 is 19.0 Å². The Morgan fingerprint density at radius 2 is 1.81 bits per heavy atom. The molecule has 0 heterocycles. The van der Waals surface area contributed by atoms with Gasteiger partial charge in [-0.1, -0.05) is 49.4 Å². The molecular weight excluding hydrogens is 333 g/mol. The van der Waals surface area contributed by atoms with Gasteiger partial charge in [0.05, 0.1) is 0 Å². The van der Waals surface area contributed by atoms with E-state index in [2.05, 4.69) is 0 Å². The van der Waals surface area contributed by atoms with Crippen LogP contribution in [-0.2, 0) is 22.6 Å². The maximum atomic E-state index is 13.5. The first-order valence-corrected chi connectivity index (χ1v) is 8.91. The van der Waals surface area contributed by atoms with Crippen molar-refractivity contribution in [2.75, 3.05) is 13.2 Å².